The second-order valence-electron chi connectivity index (χ2n) is 5.43. The fourth-order valence-corrected chi connectivity index (χ4v) is 2.87. The Morgan fingerprint density at radius 1 is 1.16 bits per heavy atom. The Kier molecular flexibility index (Phi) is 6.30. The quantitative estimate of drug-likeness (QED) is 0.615. The molecule has 0 aliphatic rings. The van der Waals surface area contributed by atoms with Crippen LogP contribution < -0.4 is 10.1 Å². The van der Waals surface area contributed by atoms with Gasteiger partial charge < -0.3 is 10.1 Å². The highest BCUT2D eigenvalue weighted by Crippen LogP contribution is 2.28. The summed E-state index contributed by atoms with van der Waals surface area (Å²) in [6.45, 7) is 4.45. The van der Waals surface area contributed by atoms with Crippen LogP contribution in [0.1, 0.15) is 23.9 Å². The molecule has 25 heavy (non-hydrogen) atoms. The van der Waals surface area contributed by atoms with Crippen LogP contribution in [-0.4, -0.2) is 27.7 Å². The predicted octanol–water partition coefficient (Wildman–Crippen LogP) is 4.12. The van der Waals surface area contributed by atoms with Crippen LogP contribution in [0.25, 0.3) is 0 Å². The van der Waals surface area contributed by atoms with E-state index in [9.17, 15) is 13.6 Å². The lowest BCUT2D eigenvalue weighted by Gasteiger charge is -2.15. The van der Waals surface area contributed by atoms with Crippen molar-refractivity contribution in [3.63, 3.8) is 0 Å². The van der Waals surface area contributed by atoms with Crippen molar-refractivity contribution >= 4 is 23.4 Å². The zero-order valence-corrected chi connectivity index (χ0v) is 15.2. The SMILES string of the molecule is Cc1nc(S[C@@H](C)C(=O)Nc2ccccc2OC(F)F)nc(C)c1C. The van der Waals surface area contributed by atoms with Crippen LogP contribution in [0.4, 0.5) is 14.5 Å². The summed E-state index contributed by atoms with van der Waals surface area (Å²) in [6.07, 6.45) is 0. The third-order valence-electron chi connectivity index (χ3n) is 3.62. The first-order valence-corrected chi connectivity index (χ1v) is 8.49. The minimum Gasteiger partial charge on any atom is -0.433 e. The number of thioether (sulfide) groups is 1. The van der Waals surface area contributed by atoms with Crippen molar-refractivity contribution in [2.45, 2.75) is 44.7 Å². The van der Waals surface area contributed by atoms with Gasteiger partial charge in [-0.25, -0.2) is 9.97 Å². The van der Waals surface area contributed by atoms with Crippen LogP contribution in [0.15, 0.2) is 29.4 Å². The zero-order chi connectivity index (χ0) is 18.6. The molecule has 0 aliphatic carbocycles. The Morgan fingerprint density at radius 2 is 1.76 bits per heavy atom. The van der Waals surface area contributed by atoms with Crippen molar-refractivity contribution in [1.29, 1.82) is 0 Å². The van der Waals surface area contributed by atoms with Gasteiger partial charge in [0.2, 0.25) is 5.91 Å². The van der Waals surface area contributed by atoms with Gasteiger partial charge in [0, 0.05) is 11.4 Å². The van der Waals surface area contributed by atoms with E-state index in [4.69, 9.17) is 0 Å². The number of para-hydroxylation sites is 2. The van der Waals surface area contributed by atoms with Crippen LogP contribution in [0.2, 0.25) is 0 Å². The molecule has 0 aliphatic heterocycles. The molecule has 0 radical (unpaired) electrons. The van der Waals surface area contributed by atoms with E-state index in [0.717, 1.165) is 17.0 Å². The number of aryl methyl sites for hydroxylation is 2. The normalized spacial score (nSPS) is 12.1. The topological polar surface area (TPSA) is 64.1 Å². The molecule has 1 atom stereocenters. The first-order chi connectivity index (χ1) is 11.8. The highest BCUT2D eigenvalue weighted by molar-refractivity contribution is 8.00. The first-order valence-electron chi connectivity index (χ1n) is 7.61. The maximum atomic E-state index is 12.4. The first kappa shape index (κ1) is 19.1. The Bertz CT molecular complexity index is 748. The van der Waals surface area contributed by atoms with Crippen LogP contribution in [0.3, 0.4) is 0 Å². The van der Waals surface area contributed by atoms with Crippen molar-refractivity contribution in [2.75, 3.05) is 5.32 Å². The summed E-state index contributed by atoms with van der Waals surface area (Å²) in [5.74, 6) is -0.434. The number of nitrogens with one attached hydrogen (secondary N) is 1. The van der Waals surface area contributed by atoms with Gasteiger partial charge in [0.25, 0.3) is 0 Å². The molecule has 1 aromatic heterocycles. The lowest BCUT2D eigenvalue weighted by molar-refractivity contribution is -0.115. The fourth-order valence-electron chi connectivity index (χ4n) is 2.01. The highest BCUT2D eigenvalue weighted by atomic mass is 32.2. The van der Waals surface area contributed by atoms with Crippen molar-refractivity contribution in [3.05, 3.63) is 41.2 Å². The third-order valence-corrected chi connectivity index (χ3v) is 4.59. The van der Waals surface area contributed by atoms with Gasteiger partial charge >= 0.3 is 6.61 Å². The van der Waals surface area contributed by atoms with E-state index >= 15 is 0 Å². The Morgan fingerprint density at radius 3 is 2.36 bits per heavy atom. The van der Waals surface area contributed by atoms with Crippen molar-refractivity contribution in [3.8, 4) is 5.75 Å². The third kappa shape index (κ3) is 5.12. The summed E-state index contributed by atoms with van der Waals surface area (Å²) >= 11 is 1.20. The van der Waals surface area contributed by atoms with E-state index in [-0.39, 0.29) is 17.3 Å². The molecule has 134 valence electrons. The van der Waals surface area contributed by atoms with E-state index in [1.54, 1.807) is 19.1 Å². The maximum absolute atomic E-state index is 12.4. The predicted molar refractivity (Wildman–Crippen MR) is 93.3 cm³/mol. The van der Waals surface area contributed by atoms with Gasteiger partial charge in [-0.15, -0.1) is 0 Å². The summed E-state index contributed by atoms with van der Waals surface area (Å²) in [5, 5.41) is 2.59. The van der Waals surface area contributed by atoms with E-state index in [1.165, 1.54) is 23.9 Å². The standard InChI is InChI=1S/C17H19F2N3O2S/c1-9-10(2)20-17(21-11(9)3)25-12(4)15(23)22-13-7-5-6-8-14(13)24-16(18)19/h5-8,12,16H,1-4H3,(H,22,23)/t12-/m0/s1. The molecule has 0 saturated heterocycles. The van der Waals surface area contributed by atoms with E-state index in [2.05, 4.69) is 20.0 Å². The van der Waals surface area contributed by atoms with Crippen molar-refractivity contribution in [1.82, 2.24) is 9.97 Å². The minimum atomic E-state index is -2.96. The summed E-state index contributed by atoms with van der Waals surface area (Å²) in [7, 11) is 0. The van der Waals surface area contributed by atoms with E-state index < -0.39 is 11.9 Å². The molecule has 0 saturated carbocycles. The number of carbonyl (C=O) groups is 1. The molecule has 0 fully saturated rings. The number of ether oxygens (including phenoxy) is 1. The number of anilines is 1. The second-order valence-corrected chi connectivity index (χ2v) is 6.73. The molecule has 8 heteroatoms. The summed E-state index contributed by atoms with van der Waals surface area (Å²) < 4.78 is 29.3. The monoisotopic (exact) mass is 367 g/mol. The fraction of sp³-hybridized carbons (Fsp3) is 0.353. The van der Waals surface area contributed by atoms with Crippen molar-refractivity contribution < 1.29 is 18.3 Å². The van der Waals surface area contributed by atoms with Crippen LogP contribution in [0.5, 0.6) is 5.75 Å². The number of halogens is 2. The molecule has 5 nitrogen and oxygen atoms in total. The van der Waals surface area contributed by atoms with Gasteiger partial charge in [0.15, 0.2) is 5.16 Å². The van der Waals surface area contributed by atoms with Crippen LogP contribution in [-0.2, 0) is 4.79 Å². The van der Waals surface area contributed by atoms with E-state index in [1.807, 2.05) is 20.8 Å². The van der Waals surface area contributed by atoms with Gasteiger partial charge in [-0.1, -0.05) is 23.9 Å². The average molecular weight is 367 g/mol. The number of carbonyl (C=O) groups excluding carboxylic acids is 1. The summed E-state index contributed by atoms with van der Waals surface area (Å²) in [6, 6.07) is 6.05. The van der Waals surface area contributed by atoms with Gasteiger partial charge in [0.05, 0.1) is 10.9 Å². The number of nitrogens with zero attached hydrogens (tertiary/aromatic N) is 2. The number of hydrogen-bond acceptors (Lipinski definition) is 5. The molecule has 2 rings (SSSR count). The van der Waals surface area contributed by atoms with Gasteiger partial charge in [0.1, 0.15) is 5.75 Å². The van der Waals surface area contributed by atoms with Crippen LogP contribution in [0, 0.1) is 20.8 Å². The maximum Gasteiger partial charge on any atom is 0.387 e. The van der Waals surface area contributed by atoms with Gasteiger partial charge in [-0.3, -0.25) is 4.79 Å². The largest absolute Gasteiger partial charge is 0.433 e. The zero-order valence-electron chi connectivity index (χ0n) is 14.3. The molecule has 0 unspecified atom stereocenters. The second kappa shape index (κ2) is 8.24. The molecule has 1 amide bonds. The molecule has 1 heterocycles. The smallest absolute Gasteiger partial charge is 0.387 e. The van der Waals surface area contributed by atoms with Crippen molar-refractivity contribution in [2.24, 2.45) is 0 Å². The lowest BCUT2D eigenvalue weighted by Crippen LogP contribution is -2.23. The Balaban J connectivity index is 2.09. The Hall–Kier alpha value is -2.22. The number of amides is 1. The Labute approximate surface area is 149 Å². The van der Waals surface area contributed by atoms with Crippen LogP contribution >= 0.6 is 11.8 Å². The number of benzene rings is 1. The molecule has 0 spiro atoms. The van der Waals surface area contributed by atoms with E-state index in [0.29, 0.717) is 5.16 Å². The average Bonchev–Trinajstić information content (AvgIpc) is 2.53. The number of aromatic nitrogens is 2. The highest BCUT2D eigenvalue weighted by Gasteiger charge is 2.19. The molecule has 1 aromatic carbocycles. The summed E-state index contributed by atoms with van der Waals surface area (Å²) in [5.41, 5.74) is 2.92. The summed E-state index contributed by atoms with van der Waals surface area (Å²) in [4.78, 5) is 21.1. The number of rotatable bonds is 6. The lowest BCUT2D eigenvalue weighted by atomic mass is 10.2. The molecule has 1 N–H and O–H groups in total. The van der Waals surface area contributed by atoms with Gasteiger partial charge in [-0.2, -0.15) is 8.78 Å². The number of hydrogen-bond donors (Lipinski definition) is 1. The molecular weight excluding hydrogens is 348 g/mol. The molecular formula is C17H19F2N3O2S. The molecule has 2 aromatic rings. The minimum absolute atomic E-state index is 0.0821. The van der Waals surface area contributed by atoms with Gasteiger partial charge in [-0.05, 0) is 45.4 Å². The molecule has 0 bridgehead atoms. The number of alkyl halides is 2.